The molecule has 98 valence electrons. The summed E-state index contributed by atoms with van der Waals surface area (Å²) in [6.45, 7) is 0.585. The van der Waals surface area contributed by atoms with Gasteiger partial charge >= 0.3 is 0 Å². The monoisotopic (exact) mass is 247 g/mol. The van der Waals surface area contributed by atoms with E-state index in [9.17, 15) is 4.79 Å². The smallest absolute Gasteiger partial charge is 0.155 e. The van der Waals surface area contributed by atoms with Gasteiger partial charge in [0.1, 0.15) is 0 Å². The van der Waals surface area contributed by atoms with Crippen LogP contribution in [0.5, 0.6) is 0 Å². The van der Waals surface area contributed by atoms with Crippen molar-refractivity contribution < 1.29 is 4.79 Å². The van der Waals surface area contributed by atoms with Crippen molar-refractivity contribution in [2.75, 3.05) is 6.54 Å². The quantitative estimate of drug-likeness (QED) is 0.207. The number of carbonyl (C=O) groups excluding carboxylic acids is 1. The van der Waals surface area contributed by atoms with E-state index in [1.165, 1.54) is 12.8 Å². The van der Waals surface area contributed by atoms with Crippen LogP contribution in [0.25, 0.3) is 10.4 Å². The number of hydrogen-bond acceptors (Lipinski definition) is 2. The molecule has 18 heavy (non-hydrogen) atoms. The van der Waals surface area contributed by atoms with Crippen LogP contribution in [0, 0.1) is 5.92 Å². The number of rotatable bonds is 8. The maximum Gasteiger partial charge on any atom is 0.155 e. The SMILES string of the molecule is [N-]=[N+]=NCCC/C=C\CCCC1C=CC(=O)CC1. The highest BCUT2D eigenvalue weighted by Gasteiger charge is 2.11. The fraction of sp³-hybridized carbons (Fsp3) is 0.643. The van der Waals surface area contributed by atoms with Gasteiger partial charge in [-0.2, -0.15) is 0 Å². The predicted octanol–water partition coefficient (Wildman–Crippen LogP) is 4.34. The molecule has 0 aromatic rings. The first-order valence-electron chi connectivity index (χ1n) is 6.70. The van der Waals surface area contributed by atoms with Crippen molar-refractivity contribution in [2.45, 2.75) is 44.9 Å². The second-order valence-corrected chi connectivity index (χ2v) is 4.62. The van der Waals surface area contributed by atoms with E-state index in [1.807, 2.05) is 0 Å². The molecule has 0 bridgehead atoms. The largest absolute Gasteiger partial charge is 0.295 e. The molecule has 1 unspecified atom stereocenters. The summed E-state index contributed by atoms with van der Waals surface area (Å²) in [5, 5.41) is 3.48. The van der Waals surface area contributed by atoms with E-state index in [0.29, 0.717) is 12.5 Å². The Labute approximate surface area is 108 Å². The molecule has 0 heterocycles. The number of carbonyl (C=O) groups is 1. The highest BCUT2D eigenvalue weighted by Crippen LogP contribution is 2.20. The second-order valence-electron chi connectivity index (χ2n) is 4.62. The lowest BCUT2D eigenvalue weighted by molar-refractivity contribution is -0.115. The van der Waals surface area contributed by atoms with Crippen LogP contribution in [-0.2, 0) is 4.79 Å². The van der Waals surface area contributed by atoms with Crippen LogP contribution >= 0.6 is 0 Å². The molecule has 0 saturated carbocycles. The van der Waals surface area contributed by atoms with Crippen LogP contribution in [0.2, 0.25) is 0 Å². The molecule has 4 nitrogen and oxygen atoms in total. The van der Waals surface area contributed by atoms with Gasteiger partial charge in [0.15, 0.2) is 5.78 Å². The van der Waals surface area contributed by atoms with Crippen molar-refractivity contribution in [2.24, 2.45) is 11.0 Å². The van der Waals surface area contributed by atoms with Crippen molar-refractivity contribution in [3.63, 3.8) is 0 Å². The molecular formula is C14H21N3O. The van der Waals surface area contributed by atoms with Gasteiger partial charge in [-0.3, -0.25) is 4.79 Å². The third-order valence-electron chi connectivity index (χ3n) is 3.12. The van der Waals surface area contributed by atoms with Crippen LogP contribution in [0.4, 0.5) is 0 Å². The lowest BCUT2D eigenvalue weighted by Gasteiger charge is -2.14. The normalized spacial score (nSPS) is 19.1. The highest BCUT2D eigenvalue weighted by atomic mass is 16.1. The molecule has 0 amide bonds. The van der Waals surface area contributed by atoms with E-state index in [0.717, 1.165) is 32.1 Å². The van der Waals surface area contributed by atoms with E-state index < -0.39 is 0 Å². The summed E-state index contributed by atoms with van der Waals surface area (Å²) < 4.78 is 0. The molecule has 0 aliphatic heterocycles. The molecule has 0 aromatic carbocycles. The summed E-state index contributed by atoms with van der Waals surface area (Å²) in [6.07, 6.45) is 15.3. The van der Waals surface area contributed by atoms with E-state index in [-0.39, 0.29) is 5.78 Å². The number of hydrogen-bond donors (Lipinski definition) is 0. The molecule has 1 atom stereocenters. The third-order valence-corrected chi connectivity index (χ3v) is 3.12. The zero-order valence-corrected chi connectivity index (χ0v) is 10.8. The number of nitrogens with zero attached hydrogens (tertiary/aromatic N) is 3. The minimum absolute atomic E-state index is 0.270. The van der Waals surface area contributed by atoms with Crippen molar-refractivity contribution in [3.8, 4) is 0 Å². The summed E-state index contributed by atoms with van der Waals surface area (Å²) in [7, 11) is 0. The Kier molecular flexibility index (Phi) is 7.65. The zero-order valence-electron chi connectivity index (χ0n) is 10.8. The Morgan fingerprint density at radius 1 is 1.39 bits per heavy atom. The molecule has 0 aromatic heterocycles. The lowest BCUT2D eigenvalue weighted by Crippen LogP contribution is -2.07. The van der Waals surface area contributed by atoms with Gasteiger partial charge in [-0.1, -0.05) is 23.3 Å². The van der Waals surface area contributed by atoms with E-state index in [4.69, 9.17) is 5.53 Å². The molecule has 0 saturated heterocycles. The Morgan fingerprint density at radius 3 is 2.83 bits per heavy atom. The average molecular weight is 247 g/mol. The second kappa shape index (κ2) is 9.49. The number of unbranched alkanes of at least 4 members (excludes halogenated alkanes) is 2. The number of ketones is 1. The Balaban J connectivity index is 1.98. The van der Waals surface area contributed by atoms with Gasteiger partial charge in [0.05, 0.1) is 0 Å². The topological polar surface area (TPSA) is 65.8 Å². The van der Waals surface area contributed by atoms with Crippen molar-refractivity contribution in [1.29, 1.82) is 0 Å². The van der Waals surface area contributed by atoms with Gasteiger partial charge in [0.25, 0.3) is 0 Å². The van der Waals surface area contributed by atoms with Gasteiger partial charge in [0.2, 0.25) is 0 Å². The molecular weight excluding hydrogens is 226 g/mol. The van der Waals surface area contributed by atoms with Crippen LogP contribution < -0.4 is 0 Å². The molecule has 4 heteroatoms. The zero-order chi connectivity index (χ0) is 13.1. The van der Waals surface area contributed by atoms with Crippen molar-refractivity contribution in [1.82, 2.24) is 0 Å². The van der Waals surface area contributed by atoms with E-state index in [2.05, 4.69) is 28.3 Å². The highest BCUT2D eigenvalue weighted by molar-refractivity contribution is 5.90. The first-order chi connectivity index (χ1) is 8.83. The number of allylic oxidation sites excluding steroid dienone is 4. The van der Waals surface area contributed by atoms with Gasteiger partial charge in [0, 0.05) is 17.9 Å². The van der Waals surface area contributed by atoms with Crippen molar-refractivity contribution in [3.05, 3.63) is 34.7 Å². The van der Waals surface area contributed by atoms with Gasteiger partial charge in [-0.05, 0) is 56.0 Å². The summed E-state index contributed by atoms with van der Waals surface area (Å²) in [6, 6.07) is 0. The van der Waals surface area contributed by atoms with Gasteiger partial charge in [-0.25, -0.2) is 0 Å². The van der Waals surface area contributed by atoms with Crippen molar-refractivity contribution >= 4 is 5.78 Å². The first kappa shape index (κ1) is 14.5. The fourth-order valence-corrected chi connectivity index (χ4v) is 2.05. The van der Waals surface area contributed by atoms with E-state index in [1.54, 1.807) is 6.08 Å². The number of azide groups is 1. The standard InChI is InChI=1S/C14H21N3O/c15-17-16-12-6-4-2-1-3-5-7-13-8-10-14(18)11-9-13/h1-2,8,10,13H,3-7,9,11-12H2/b2-1-. The van der Waals surface area contributed by atoms with Crippen LogP contribution in [0.1, 0.15) is 44.9 Å². The Hall–Kier alpha value is -1.54. The first-order valence-corrected chi connectivity index (χ1v) is 6.70. The van der Waals surface area contributed by atoms with Gasteiger partial charge in [-0.15, -0.1) is 0 Å². The van der Waals surface area contributed by atoms with Crippen LogP contribution in [-0.4, -0.2) is 12.3 Å². The molecule has 1 aliphatic rings. The molecule has 0 radical (unpaired) electrons. The lowest BCUT2D eigenvalue weighted by atomic mass is 9.91. The van der Waals surface area contributed by atoms with Crippen LogP contribution in [0.15, 0.2) is 29.4 Å². The molecule has 0 fully saturated rings. The molecule has 1 aliphatic carbocycles. The minimum atomic E-state index is 0.270. The summed E-state index contributed by atoms with van der Waals surface area (Å²) in [4.78, 5) is 13.7. The maximum atomic E-state index is 11.0. The van der Waals surface area contributed by atoms with E-state index >= 15 is 0 Å². The van der Waals surface area contributed by atoms with Crippen LogP contribution in [0.3, 0.4) is 0 Å². The third kappa shape index (κ3) is 6.92. The summed E-state index contributed by atoms with van der Waals surface area (Å²) in [5.41, 5.74) is 8.09. The Morgan fingerprint density at radius 2 is 2.17 bits per heavy atom. The molecule has 0 spiro atoms. The fourth-order valence-electron chi connectivity index (χ4n) is 2.05. The van der Waals surface area contributed by atoms with Gasteiger partial charge < -0.3 is 0 Å². The molecule has 0 N–H and O–H groups in total. The molecule has 1 rings (SSSR count). The summed E-state index contributed by atoms with van der Waals surface area (Å²) >= 11 is 0. The summed E-state index contributed by atoms with van der Waals surface area (Å²) in [5.74, 6) is 0.868. The minimum Gasteiger partial charge on any atom is -0.295 e. The maximum absolute atomic E-state index is 11.0. The predicted molar refractivity (Wildman–Crippen MR) is 73.1 cm³/mol. The average Bonchev–Trinajstić information content (AvgIpc) is 2.39. The Bertz CT molecular complexity index is 354.